The van der Waals surface area contributed by atoms with Gasteiger partial charge in [-0.3, -0.25) is 19.2 Å². The summed E-state index contributed by atoms with van der Waals surface area (Å²) in [6.45, 7) is 15.2. The van der Waals surface area contributed by atoms with E-state index in [1.807, 2.05) is 51.2 Å². The molecule has 0 aromatic carbocycles. The molecule has 0 unspecified atom stereocenters. The summed E-state index contributed by atoms with van der Waals surface area (Å²) in [4.78, 5) is 33.8. The van der Waals surface area contributed by atoms with E-state index >= 15 is 0 Å². The van der Waals surface area contributed by atoms with Gasteiger partial charge < -0.3 is 10.2 Å². The Balaban J connectivity index is 1.55. The van der Waals surface area contributed by atoms with Crippen LogP contribution < -0.4 is 5.32 Å². The van der Waals surface area contributed by atoms with Crippen LogP contribution in [0.15, 0.2) is 0 Å². The number of carbonyl (C=O) groups is 2. The highest BCUT2D eigenvalue weighted by molar-refractivity contribution is 5.84. The van der Waals surface area contributed by atoms with Crippen molar-refractivity contribution in [3.05, 3.63) is 22.5 Å². The lowest BCUT2D eigenvalue weighted by Gasteiger charge is -2.35. The van der Waals surface area contributed by atoms with Gasteiger partial charge in [0.25, 0.3) is 0 Å². The van der Waals surface area contributed by atoms with Gasteiger partial charge in [-0.2, -0.15) is 5.10 Å². The van der Waals surface area contributed by atoms with Crippen LogP contribution in [-0.2, 0) is 23.1 Å². The number of nitrogens with zero attached hydrogens (tertiary/aromatic N) is 5. The van der Waals surface area contributed by atoms with Gasteiger partial charge in [0.05, 0.1) is 12.2 Å². The predicted molar refractivity (Wildman–Crippen MR) is 122 cm³/mol. The highest BCUT2D eigenvalue weighted by Crippen LogP contribution is 2.26. The molecule has 0 bridgehead atoms. The third-order valence-electron chi connectivity index (χ3n) is 5.93. The monoisotopic (exact) mass is 428 g/mol. The number of amides is 2. The maximum atomic E-state index is 12.8. The second-order valence-electron chi connectivity index (χ2n) is 9.66. The van der Waals surface area contributed by atoms with Crippen molar-refractivity contribution in [3.8, 4) is 0 Å². The number of aromatic nitrogens is 3. The molecule has 3 rings (SSSR count). The van der Waals surface area contributed by atoms with Crippen molar-refractivity contribution in [2.24, 2.45) is 7.05 Å². The minimum atomic E-state index is -0.225. The number of fused-ring (bicyclic) bond motifs is 1. The number of pyridine rings is 1. The van der Waals surface area contributed by atoms with E-state index in [4.69, 9.17) is 4.98 Å². The molecule has 1 saturated heterocycles. The summed E-state index contributed by atoms with van der Waals surface area (Å²) in [5.41, 5.74) is 4.94. The van der Waals surface area contributed by atoms with E-state index < -0.39 is 0 Å². The summed E-state index contributed by atoms with van der Waals surface area (Å²) in [6, 6.07) is 0. The molecule has 2 aromatic rings. The second kappa shape index (κ2) is 8.94. The molecule has 1 aliphatic heterocycles. The smallest absolute Gasteiger partial charge is 0.234 e. The normalized spacial score (nSPS) is 15.5. The summed E-state index contributed by atoms with van der Waals surface area (Å²) in [5.74, 6) is 0.201. The molecule has 170 valence electrons. The van der Waals surface area contributed by atoms with Crippen LogP contribution in [0.3, 0.4) is 0 Å². The third kappa shape index (κ3) is 5.42. The zero-order chi connectivity index (χ0) is 22.9. The van der Waals surface area contributed by atoms with Crippen LogP contribution in [0.25, 0.3) is 11.0 Å². The highest BCUT2D eigenvalue weighted by atomic mass is 16.2. The van der Waals surface area contributed by atoms with Gasteiger partial charge in [-0.25, -0.2) is 4.98 Å². The maximum Gasteiger partial charge on any atom is 0.234 e. The first-order valence-electron chi connectivity index (χ1n) is 11.1. The average molecular weight is 429 g/mol. The van der Waals surface area contributed by atoms with Gasteiger partial charge in [0, 0.05) is 56.3 Å². The third-order valence-corrected chi connectivity index (χ3v) is 5.93. The molecule has 2 amide bonds. The van der Waals surface area contributed by atoms with Crippen LogP contribution in [0, 0.1) is 20.8 Å². The van der Waals surface area contributed by atoms with Gasteiger partial charge in [0.2, 0.25) is 11.8 Å². The van der Waals surface area contributed by atoms with Gasteiger partial charge in [0.1, 0.15) is 0 Å². The van der Waals surface area contributed by atoms with Crippen molar-refractivity contribution in [2.45, 2.75) is 59.9 Å². The molecule has 1 fully saturated rings. The zero-order valence-electron chi connectivity index (χ0n) is 20.0. The lowest BCUT2D eigenvalue weighted by atomic mass is 9.99. The first-order valence-corrected chi connectivity index (χ1v) is 11.1. The number of hydrogen-bond donors (Lipinski definition) is 1. The molecule has 1 aliphatic rings. The Morgan fingerprint density at radius 1 is 1.03 bits per heavy atom. The Hall–Kier alpha value is -2.48. The van der Waals surface area contributed by atoms with Crippen molar-refractivity contribution in [3.63, 3.8) is 0 Å². The van der Waals surface area contributed by atoms with Crippen molar-refractivity contribution < 1.29 is 9.59 Å². The first kappa shape index (κ1) is 23.2. The molecule has 0 radical (unpaired) electrons. The topological polar surface area (TPSA) is 83.4 Å². The number of rotatable bonds is 5. The minimum Gasteiger partial charge on any atom is -0.350 e. The summed E-state index contributed by atoms with van der Waals surface area (Å²) < 4.78 is 1.82. The molecular weight excluding hydrogens is 392 g/mol. The predicted octanol–water partition coefficient (Wildman–Crippen LogP) is 1.89. The Bertz CT molecular complexity index is 980. The van der Waals surface area contributed by atoms with Crippen molar-refractivity contribution in [1.29, 1.82) is 0 Å². The fraction of sp³-hybridized carbons (Fsp3) is 0.652. The largest absolute Gasteiger partial charge is 0.350 e. The van der Waals surface area contributed by atoms with Gasteiger partial charge in [-0.05, 0) is 59.1 Å². The fourth-order valence-electron chi connectivity index (χ4n) is 4.44. The summed E-state index contributed by atoms with van der Waals surface area (Å²) >= 11 is 0. The summed E-state index contributed by atoms with van der Waals surface area (Å²) in [6.07, 6.45) is 1.15. The Morgan fingerprint density at radius 2 is 1.68 bits per heavy atom. The zero-order valence-corrected chi connectivity index (χ0v) is 20.0. The Morgan fingerprint density at radius 3 is 2.29 bits per heavy atom. The van der Waals surface area contributed by atoms with Gasteiger partial charge in [-0.15, -0.1) is 0 Å². The lowest BCUT2D eigenvalue weighted by Crippen LogP contribution is -2.52. The molecule has 2 aromatic heterocycles. The van der Waals surface area contributed by atoms with Gasteiger partial charge in [-0.1, -0.05) is 0 Å². The SMILES string of the molecule is Cc1nc2c(c(C)nn2C)c(C)c1CCC(=O)N1CCN(CC(=O)NC(C)(C)C)CC1. The van der Waals surface area contributed by atoms with E-state index in [-0.39, 0.29) is 17.4 Å². The fourth-order valence-corrected chi connectivity index (χ4v) is 4.44. The molecular formula is C23H36N6O2. The van der Waals surface area contributed by atoms with Crippen molar-refractivity contribution >= 4 is 22.8 Å². The van der Waals surface area contributed by atoms with Crippen LogP contribution in [0.5, 0.6) is 0 Å². The van der Waals surface area contributed by atoms with Gasteiger partial charge >= 0.3 is 0 Å². The molecule has 0 aliphatic carbocycles. The Labute approximate surface area is 185 Å². The van der Waals surface area contributed by atoms with E-state index in [9.17, 15) is 9.59 Å². The molecule has 0 spiro atoms. The number of piperazine rings is 1. The van der Waals surface area contributed by atoms with Crippen molar-refractivity contribution in [2.75, 3.05) is 32.7 Å². The lowest BCUT2D eigenvalue weighted by molar-refractivity contribution is -0.133. The maximum absolute atomic E-state index is 12.8. The molecule has 0 saturated carbocycles. The minimum absolute atomic E-state index is 0.0341. The number of carbonyl (C=O) groups excluding carboxylic acids is 2. The van der Waals surface area contributed by atoms with Crippen LogP contribution in [0.1, 0.15) is 49.7 Å². The number of hydrogen-bond acceptors (Lipinski definition) is 5. The number of nitrogens with one attached hydrogen (secondary N) is 1. The highest BCUT2D eigenvalue weighted by Gasteiger charge is 2.24. The Kier molecular flexibility index (Phi) is 6.69. The van der Waals surface area contributed by atoms with Gasteiger partial charge in [0.15, 0.2) is 5.65 Å². The van der Waals surface area contributed by atoms with E-state index in [1.54, 1.807) is 0 Å². The van der Waals surface area contributed by atoms with E-state index in [2.05, 4.69) is 22.2 Å². The molecule has 3 heterocycles. The molecule has 31 heavy (non-hydrogen) atoms. The van der Waals surface area contributed by atoms with E-state index in [0.29, 0.717) is 32.5 Å². The number of aryl methyl sites for hydroxylation is 4. The van der Waals surface area contributed by atoms with E-state index in [1.165, 1.54) is 5.56 Å². The van der Waals surface area contributed by atoms with Crippen LogP contribution in [-0.4, -0.2) is 74.6 Å². The quantitative estimate of drug-likeness (QED) is 0.786. The molecule has 1 N–H and O–H groups in total. The summed E-state index contributed by atoms with van der Waals surface area (Å²) in [5, 5.41) is 8.58. The van der Waals surface area contributed by atoms with Crippen LogP contribution in [0.2, 0.25) is 0 Å². The average Bonchev–Trinajstić information content (AvgIpc) is 2.93. The first-order chi connectivity index (χ1) is 14.5. The summed E-state index contributed by atoms with van der Waals surface area (Å²) in [7, 11) is 1.91. The van der Waals surface area contributed by atoms with Crippen LogP contribution in [0.4, 0.5) is 0 Å². The van der Waals surface area contributed by atoms with Crippen molar-refractivity contribution in [1.82, 2.24) is 29.9 Å². The molecule has 8 nitrogen and oxygen atoms in total. The molecule has 0 atom stereocenters. The second-order valence-corrected chi connectivity index (χ2v) is 9.66. The van der Waals surface area contributed by atoms with Crippen LogP contribution >= 0.6 is 0 Å². The standard InChI is InChI=1S/C23H36N6O2/c1-15-18(16(2)24-22-21(15)17(3)26-27(22)7)8-9-20(31)29-12-10-28(11-13-29)14-19(30)25-23(4,5)6/h8-14H2,1-7H3,(H,25,30). The molecule has 8 heteroatoms. The van der Waals surface area contributed by atoms with E-state index in [0.717, 1.165) is 41.1 Å².